The molecule has 1 N–H and O–H groups in total. The first kappa shape index (κ1) is 19.7. The first-order valence-corrected chi connectivity index (χ1v) is 10.1. The van der Waals surface area contributed by atoms with Gasteiger partial charge in [0.15, 0.2) is 5.75 Å². The number of nitrogens with one attached hydrogen (secondary N) is 1. The van der Waals surface area contributed by atoms with E-state index < -0.39 is 0 Å². The fourth-order valence-corrected chi connectivity index (χ4v) is 3.06. The van der Waals surface area contributed by atoms with E-state index in [0.717, 1.165) is 30.4 Å². The molecule has 1 aliphatic carbocycles. The summed E-state index contributed by atoms with van der Waals surface area (Å²) in [6.45, 7) is 2.05. The zero-order valence-electron chi connectivity index (χ0n) is 16.8. The molecule has 1 aromatic heterocycles. The number of nitrogens with zero attached hydrogens (tertiary/aromatic N) is 2. The first-order chi connectivity index (χ1) is 14.7. The molecule has 5 nitrogen and oxygen atoms in total. The van der Waals surface area contributed by atoms with Gasteiger partial charge < -0.3 is 10.1 Å². The van der Waals surface area contributed by atoms with Gasteiger partial charge in [-0.1, -0.05) is 24.0 Å². The van der Waals surface area contributed by atoms with Gasteiger partial charge in [0.2, 0.25) is 5.91 Å². The second-order valence-corrected chi connectivity index (χ2v) is 7.54. The molecule has 5 heteroatoms. The molecule has 1 heterocycles. The Bertz CT molecular complexity index is 1050. The number of benzene rings is 2. The maximum atomic E-state index is 11.8. The van der Waals surface area contributed by atoms with Gasteiger partial charge in [0.05, 0.1) is 12.4 Å². The van der Waals surface area contributed by atoms with E-state index in [1.54, 1.807) is 12.4 Å². The summed E-state index contributed by atoms with van der Waals surface area (Å²) in [5.74, 6) is 8.10. The number of hydrogen-bond donors (Lipinski definition) is 1. The molecule has 1 fully saturated rings. The van der Waals surface area contributed by atoms with E-state index in [1.807, 2.05) is 43.3 Å². The fraction of sp³-hybridized carbons (Fsp3) is 0.240. The third kappa shape index (κ3) is 5.68. The molecule has 1 amide bonds. The number of amides is 1. The standard InChI is InChI=1S/C25H23N3O2/c1-18(28-25(29)22-10-11-22)14-21-6-4-19(5-7-21)2-3-20-8-12-23(13-9-20)30-24-15-26-17-27-16-24/h4-9,12-13,15-18,22H,10-11,14H2,1H3,(H,28,29). The smallest absolute Gasteiger partial charge is 0.223 e. The third-order valence-electron chi connectivity index (χ3n) is 4.81. The van der Waals surface area contributed by atoms with Crippen LogP contribution in [0.15, 0.2) is 67.3 Å². The molecule has 1 atom stereocenters. The number of hydrogen-bond acceptors (Lipinski definition) is 4. The summed E-state index contributed by atoms with van der Waals surface area (Å²) in [6.07, 6.45) is 7.58. The average Bonchev–Trinajstić information content (AvgIpc) is 3.61. The van der Waals surface area contributed by atoms with Crippen LogP contribution in [0.3, 0.4) is 0 Å². The Morgan fingerprint density at radius 3 is 2.20 bits per heavy atom. The van der Waals surface area contributed by atoms with Crippen LogP contribution < -0.4 is 10.1 Å². The van der Waals surface area contributed by atoms with E-state index in [1.165, 1.54) is 11.9 Å². The Morgan fingerprint density at radius 1 is 1.00 bits per heavy atom. The molecule has 30 heavy (non-hydrogen) atoms. The van der Waals surface area contributed by atoms with E-state index >= 15 is 0 Å². The lowest BCUT2D eigenvalue weighted by molar-refractivity contribution is -0.122. The predicted molar refractivity (Wildman–Crippen MR) is 115 cm³/mol. The SMILES string of the molecule is CC(Cc1ccc(C#Cc2ccc(Oc3cncnc3)cc2)cc1)NC(=O)C1CC1. The Kier molecular flexibility index (Phi) is 6.05. The quantitative estimate of drug-likeness (QED) is 0.636. The van der Waals surface area contributed by atoms with Crippen molar-refractivity contribution in [3.8, 4) is 23.3 Å². The van der Waals surface area contributed by atoms with E-state index in [0.29, 0.717) is 11.5 Å². The minimum atomic E-state index is 0.137. The van der Waals surface area contributed by atoms with Crippen LogP contribution in [0.4, 0.5) is 0 Å². The van der Waals surface area contributed by atoms with E-state index in [2.05, 4.69) is 39.3 Å². The van der Waals surface area contributed by atoms with Gasteiger partial charge in [-0.2, -0.15) is 0 Å². The van der Waals surface area contributed by atoms with Crippen molar-refractivity contribution < 1.29 is 9.53 Å². The highest BCUT2D eigenvalue weighted by atomic mass is 16.5. The Labute approximate surface area is 176 Å². The predicted octanol–water partition coefficient (Wildman–Crippen LogP) is 4.13. The summed E-state index contributed by atoms with van der Waals surface area (Å²) >= 11 is 0. The molecule has 0 saturated heterocycles. The Hall–Kier alpha value is -3.65. The van der Waals surface area contributed by atoms with Crippen LogP contribution in [0.25, 0.3) is 0 Å². The van der Waals surface area contributed by atoms with Crippen LogP contribution in [-0.4, -0.2) is 21.9 Å². The summed E-state index contributed by atoms with van der Waals surface area (Å²) in [5, 5.41) is 3.09. The van der Waals surface area contributed by atoms with Crippen LogP contribution in [0.1, 0.15) is 36.5 Å². The van der Waals surface area contributed by atoms with Crippen LogP contribution in [0.5, 0.6) is 11.5 Å². The normalized spacial score (nSPS) is 13.6. The van der Waals surface area contributed by atoms with Gasteiger partial charge in [-0.25, -0.2) is 9.97 Å². The van der Waals surface area contributed by atoms with Gasteiger partial charge in [0.1, 0.15) is 12.1 Å². The number of ether oxygens (including phenoxy) is 1. The maximum Gasteiger partial charge on any atom is 0.223 e. The third-order valence-corrected chi connectivity index (χ3v) is 4.81. The Balaban J connectivity index is 1.31. The molecule has 2 aromatic carbocycles. The highest BCUT2D eigenvalue weighted by molar-refractivity contribution is 5.81. The van der Waals surface area contributed by atoms with Crippen molar-refractivity contribution in [2.45, 2.75) is 32.2 Å². The Morgan fingerprint density at radius 2 is 1.60 bits per heavy atom. The summed E-state index contributed by atoms with van der Waals surface area (Å²) in [6, 6.07) is 15.9. The van der Waals surface area contributed by atoms with Crippen molar-refractivity contribution in [2.75, 3.05) is 0 Å². The molecule has 0 spiro atoms. The molecule has 4 rings (SSSR count). The van der Waals surface area contributed by atoms with Gasteiger partial charge >= 0.3 is 0 Å². The molecule has 0 radical (unpaired) electrons. The fourth-order valence-electron chi connectivity index (χ4n) is 3.06. The lowest BCUT2D eigenvalue weighted by Crippen LogP contribution is -2.35. The number of carbonyl (C=O) groups excluding carboxylic acids is 1. The largest absolute Gasteiger partial charge is 0.454 e. The summed E-state index contributed by atoms with van der Waals surface area (Å²) in [5.41, 5.74) is 3.05. The molecule has 1 saturated carbocycles. The molecule has 1 aliphatic rings. The highest BCUT2D eigenvalue weighted by Crippen LogP contribution is 2.29. The van der Waals surface area contributed by atoms with Crippen molar-refractivity contribution in [1.82, 2.24) is 15.3 Å². The van der Waals surface area contributed by atoms with E-state index in [4.69, 9.17) is 4.74 Å². The summed E-state index contributed by atoms with van der Waals surface area (Å²) in [4.78, 5) is 19.7. The van der Waals surface area contributed by atoms with Gasteiger partial charge in [0, 0.05) is 23.1 Å². The summed E-state index contributed by atoms with van der Waals surface area (Å²) < 4.78 is 5.68. The van der Waals surface area contributed by atoms with Crippen molar-refractivity contribution >= 4 is 5.91 Å². The summed E-state index contributed by atoms with van der Waals surface area (Å²) in [7, 11) is 0. The van der Waals surface area contributed by atoms with Gasteiger partial charge in [0.25, 0.3) is 0 Å². The lowest BCUT2D eigenvalue weighted by atomic mass is 10.0. The molecule has 3 aromatic rings. The minimum Gasteiger partial charge on any atom is -0.454 e. The molecular formula is C25H23N3O2. The second-order valence-electron chi connectivity index (χ2n) is 7.54. The van der Waals surface area contributed by atoms with E-state index in [9.17, 15) is 4.79 Å². The molecular weight excluding hydrogens is 374 g/mol. The van der Waals surface area contributed by atoms with Gasteiger partial charge in [-0.3, -0.25) is 4.79 Å². The molecule has 0 aliphatic heterocycles. The van der Waals surface area contributed by atoms with E-state index in [-0.39, 0.29) is 17.9 Å². The van der Waals surface area contributed by atoms with Crippen LogP contribution in [-0.2, 0) is 11.2 Å². The molecule has 1 unspecified atom stereocenters. The zero-order valence-corrected chi connectivity index (χ0v) is 16.8. The van der Waals surface area contributed by atoms with Gasteiger partial charge in [-0.15, -0.1) is 0 Å². The molecule has 0 bridgehead atoms. The molecule has 150 valence electrons. The van der Waals surface area contributed by atoms with Crippen LogP contribution in [0, 0.1) is 17.8 Å². The van der Waals surface area contributed by atoms with Crippen LogP contribution >= 0.6 is 0 Å². The topological polar surface area (TPSA) is 64.1 Å². The number of aromatic nitrogens is 2. The number of rotatable bonds is 6. The van der Waals surface area contributed by atoms with Crippen LogP contribution in [0.2, 0.25) is 0 Å². The lowest BCUT2D eigenvalue weighted by Gasteiger charge is -2.13. The monoisotopic (exact) mass is 397 g/mol. The highest BCUT2D eigenvalue weighted by Gasteiger charge is 2.30. The zero-order chi connectivity index (χ0) is 20.8. The maximum absolute atomic E-state index is 11.8. The van der Waals surface area contributed by atoms with Crippen molar-refractivity contribution in [1.29, 1.82) is 0 Å². The second kappa shape index (κ2) is 9.23. The average molecular weight is 397 g/mol. The number of carbonyl (C=O) groups is 1. The van der Waals surface area contributed by atoms with Crippen molar-refractivity contribution in [3.63, 3.8) is 0 Å². The van der Waals surface area contributed by atoms with Crippen molar-refractivity contribution in [2.24, 2.45) is 5.92 Å². The minimum absolute atomic E-state index is 0.137. The van der Waals surface area contributed by atoms with Crippen molar-refractivity contribution in [3.05, 3.63) is 83.9 Å². The van der Waals surface area contributed by atoms with Gasteiger partial charge in [-0.05, 0) is 68.1 Å². The first-order valence-electron chi connectivity index (χ1n) is 10.1.